The van der Waals surface area contributed by atoms with Crippen molar-refractivity contribution in [2.24, 2.45) is 7.05 Å². The van der Waals surface area contributed by atoms with E-state index < -0.39 is 0 Å². The van der Waals surface area contributed by atoms with Crippen molar-refractivity contribution in [3.8, 4) is 11.3 Å². The van der Waals surface area contributed by atoms with Gasteiger partial charge in [-0.1, -0.05) is 12.1 Å². The molecule has 3 heterocycles. The van der Waals surface area contributed by atoms with Gasteiger partial charge in [0.15, 0.2) is 11.5 Å². The number of nitrogens with zero attached hydrogens (tertiary/aromatic N) is 4. The summed E-state index contributed by atoms with van der Waals surface area (Å²) in [5, 5.41) is 4.44. The number of furan rings is 1. The summed E-state index contributed by atoms with van der Waals surface area (Å²) in [7, 11) is 1.85. The predicted octanol–water partition coefficient (Wildman–Crippen LogP) is 2.90. The first-order chi connectivity index (χ1) is 13.9. The number of carbonyl (C=O) groups excluding carboxylic acids is 2. The Labute approximate surface area is 169 Å². The minimum absolute atomic E-state index is 0.110. The third-order valence-electron chi connectivity index (χ3n) is 5.49. The van der Waals surface area contributed by atoms with Gasteiger partial charge in [-0.25, -0.2) is 0 Å². The molecule has 0 unspecified atom stereocenters. The van der Waals surface area contributed by atoms with E-state index in [4.69, 9.17) is 4.42 Å². The van der Waals surface area contributed by atoms with Crippen LogP contribution in [0.5, 0.6) is 0 Å². The molecule has 0 spiro atoms. The van der Waals surface area contributed by atoms with E-state index in [1.54, 1.807) is 26.6 Å². The maximum Gasteiger partial charge on any atom is 0.289 e. The van der Waals surface area contributed by atoms with Gasteiger partial charge < -0.3 is 14.2 Å². The van der Waals surface area contributed by atoms with Crippen LogP contribution in [0.1, 0.15) is 32.2 Å². The second kappa shape index (κ2) is 7.58. The van der Waals surface area contributed by atoms with Crippen molar-refractivity contribution >= 4 is 11.8 Å². The average Bonchev–Trinajstić information content (AvgIpc) is 3.39. The summed E-state index contributed by atoms with van der Waals surface area (Å²) in [5.41, 5.74) is 4.80. The molecular formula is C22H24N4O3. The molecule has 0 aliphatic carbocycles. The number of rotatable bonds is 3. The number of aromatic nitrogens is 2. The van der Waals surface area contributed by atoms with Gasteiger partial charge in [-0.3, -0.25) is 14.3 Å². The van der Waals surface area contributed by atoms with Crippen molar-refractivity contribution in [2.45, 2.75) is 13.8 Å². The van der Waals surface area contributed by atoms with Crippen LogP contribution in [0.3, 0.4) is 0 Å². The van der Waals surface area contributed by atoms with Gasteiger partial charge in [-0.15, -0.1) is 0 Å². The predicted molar refractivity (Wildman–Crippen MR) is 109 cm³/mol. The summed E-state index contributed by atoms with van der Waals surface area (Å²) in [6.07, 6.45) is 1.49. The molecule has 3 aromatic rings. The molecule has 0 N–H and O–H groups in total. The third kappa shape index (κ3) is 3.68. The Balaban J connectivity index is 1.45. The molecule has 1 aromatic carbocycles. The molecule has 1 saturated heterocycles. The molecule has 29 heavy (non-hydrogen) atoms. The lowest BCUT2D eigenvalue weighted by atomic mass is 10.0. The molecule has 1 fully saturated rings. The van der Waals surface area contributed by atoms with Crippen LogP contribution in [0.2, 0.25) is 0 Å². The van der Waals surface area contributed by atoms with Gasteiger partial charge in [0, 0.05) is 38.8 Å². The second-order valence-electron chi connectivity index (χ2n) is 7.40. The zero-order valence-corrected chi connectivity index (χ0v) is 16.9. The Kier molecular flexibility index (Phi) is 4.96. The summed E-state index contributed by atoms with van der Waals surface area (Å²) in [6, 6.07) is 11.4. The number of hydrogen-bond acceptors (Lipinski definition) is 4. The zero-order valence-electron chi connectivity index (χ0n) is 16.9. The first kappa shape index (κ1) is 19.0. The van der Waals surface area contributed by atoms with Crippen LogP contribution in [0.15, 0.2) is 47.1 Å². The van der Waals surface area contributed by atoms with Crippen molar-refractivity contribution in [1.29, 1.82) is 0 Å². The molecule has 0 saturated carbocycles. The van der Waals surface area contributed by atoms with E-state index in [-0.39, 0.29) is 11.8 Å². The number of benzene rings is 1. The number of aryl methyl sites for hydroxylation is 3. The Morgan fingerprint density at radius 3 is 2.24 bits per heavy atom. The summed E-state index contributed by atoms with van der Waals surface area (Å²) >= 11 is 0. The fourth-order valence-corrected chi connectivity index (χ4v) is 3.57. The standard InChI is InChI=1S/C22H24N4O3/c1-15-6-7-17(13-16(15)2)19-14-18(23-24(19)3)21(27)25-8-10-26(11-9-25)22(28)20-5-4-12-29-20/h4-7,12-14H,8-11H2,1-3H3. The largest absolute Gasteiger partial charge is 0.459 e. The lowest BCUT2D eigenvalue weighted by Gasteiger charge is -2.33. The minimum atomic E-state index is -0.142. The SMILES string of the molecule is Cc1ccc(-c2cc(C(=O)N3CCN(C(=O)c4ccco4)CC3)nn2C)cc1C. The van der Waals surface area contributed by atoms with Crippen LogP contribution < -0.4 is 0 Å². The normalized spacial score (nSPS) is 14.3. The van der Waals surface area contributed by atoms with E-state index in [1.807, 2.05) is 19.2 Å². The third-order valence-corrected chi connectivity index (χ3v) is 5.49. The van der Waals surface area contributed by atoms with Crippen molar-refractivity contribution in [3.05, 3.63) is 65.2 Å². The van der Waals surface area contributed by atoms with Gasteiger partial charge in [0.25, 0.3) is 11.8 Å². The first-order valence-corrected chi connectivity index (χ1v) is 9.68. The van der Waals surface area contributed by atoms with Gasteiger partial charge in [0.05, 0.1) is 12.0 Å². The summed E-state index contributed by atoms with van der Waals surface area (Å²) in [6.45, 7) is 6.05. The summed E-state index contributed by atoms with van der Waals surface area (Å²) < 4.78 is 6.93. The van der Waals surface area contributed by atoms with Crippen molar-refractivity contribution in [1.82, 2.24) is 19.6 Å². The van der Waals surface area contributed by atoms with Crippen LogP contribution in [-0.4, -0.2) is 57.6 Å². The monoisotopic (exact) mass is 392 g/mol. The van der Waals surface area contributed by atoms with Crippen molar-refractivity contribution < 1.29 is 14.0 Å². The van der Waals surface area contributed by atoms with Crippen molar-refractivity contribution in [3.63, 3.8) is 0 Å². The van der Waals surface area contributed by atoms with Crippen LogP contribution in [-0.2, 0) is 7.05 Å². The van der Waals surface area contributed by atoms with E-state index in [1.165, 1.54) is 17.4 Å². The molecule has 0 radical (unpaired) electrons. The van der Waals surface area contributed by atoms with Gasteiger partial charge >= 0.3 is 0 Å². The molecule has 0 bridgehead atoms. The maximum atomic E-state index is 13.0. The highest BCUT2D eigenvalue weighted by Crippen LogP contribution is 2.23. The smallest absolute Gasteiger partial charge is 0.289 e. The fourth-order valence-electron chi connectivity index (χ4n) is 3.57. The Bertz CT molecular complexity index is 1040. The van der Waals surface area contributed by atoms with Crippen LogP contribution in [0, 0.1) is 13.8 Å². The molecule has 1 aliphatic heterocycles. The van der Waals surface area contributed by atoms with Crippen LogP contribution in [0.25, 0.3) is 11.3 Å². The van der Waals surface area contributed by atoms with Gasteiger partial charge in [-0.2, -0.15) is 5.10 Å². The highest BCUT2D eigenvalue weighted by Gasteiger charge is 2.28. The lowest BCUT2D eigenvalue weighted by Crippen LogP contribution is -2.50. The van der Waals surface area contributed by atoms with E-state index in [0.29, 0.717) is 37.6 Å². The topological polar surface area (TPSA) is 71.6 Å². The van der Waals surface area contributed by atoms with Crippen LogP contribution in [0.4, 0.5) is 0 Å². The molecule has 0 atom stereocenters. The molecule has 150 valence electrons. The Morgan fingerprint density at radius 2 is 1.62 bits per heavy atom. The van der Waals surface area contributed by atoms with E-state index in [9.17, 15) is 9.59 Å². The number of carbonyl (C=O) groups is 2. The highest BCUT2D eigenvalue weighted by atomic mass is 16.3. The highest BCUT2D eigenvalue weighted by molar-refractivity contribution is 5.94. The second-order valence-corrected chi connectivity index (χ2v) is 7.40. The molecule has 1 aliphatic rings. The van der Waals surface area contributed by atoms with Gasteiger partial charge in [-0.05, 0) is 49.2 Å². The summed E-state index contributed by atoms with van der Waals surface area (Å²) in [5.74, 6) is 0.0743. The summed E-state index contributed by atoms with van der Waals surface area (Å²) in [4.78, 5) is 28.8. The maximum absolute atomic E-state index is 13.0. The average molecular weight is 392 g/mol. The van der Waals surface area contributed by atoms with E-state index in [0.717, 1.165) is 11.3 Å². The van der Waals surface area contributed by atoms with Gasteiger partial charge in [0.2, 0.25) is 0 Å². The first-order valence-electron chi connectivity index (χ1n) is 9.68. The molecule has 7 nitrogen and oxygen atoms in total. The van der Waals surface area contributed by atoms with Crippen LogP contribution >= 0.6 is 0 Å². The van der Waals surface area contributed by atoms with Crippen molar-refractivity contribution in [2.75, 3.05) is 26.2 Å². The molecule has 4 rings (SSSR count). The molecule has 7 heteroatoms. The number of piperazine rings is 1. The number of amides is 2. The quantitative estimate of drug-likeness (QED) is 0.687. The Hall–Kier alpha value is -3.35. The molecular weight excluding hydrogens is 368 g/mol. The lowest BCUT2D eigenvalue weighted by molar-refractivity contribution is 0.0515. The zero-order chi connectivity index (χ0) is 20.5. The number of hydrogen-bond donors (Lipinski definition) is 0. The fraction of sp³-hybridized carbons (Fsp3) is 0.318. The van der Waals surface area contributed by atoms with E-state index in [2.05, 4.69) is 31.1 Å². The Morgan fingerprint density at radius 1 is 0.931 bits per heavy atom. The van der Waals surface area contributed by atoms with Gasteiger partial charge in [0.1, 0.15) is 0 Å². The van der Waals surface area contributed by atoms with E-state index >= 15 is 0 Å². The molecule has 2 aromatic heterocycles. The molecule has 2 amide bonds. The minimum Gasteiger partial charge on any atom is -0.459 e.